The molecule has 0 heterocycles. The highest BCUT2D eigenvalue weighted by molar-refractivity contribution is 4.95. The summed E-state index contributed by atoms with van der Waals surface area (Å²) >= 11 is 0. The number of aliphatic hydroxyl groups excluding tert-OH is 1. The van der Waals surface area contributed by atoms with Crippen molar-refractivity contribution in [2.75, 3.05) is 0 Å². The van der Waals surface area contributed by atoms with E-state index in [0.717, 1.165) is 6.42 Å². The quantitative estimate of drug-likeness (QED) is 0.587. The van der Waals surface area contributed by atoms with Gasteiger partial charge >= 0.3 is 0 Å². The highest BCUT2D eigenvalue weighted by Gasteiger charge is 2.04. The lowest BCUT2D eigenvalue weighted by Crippen LogP contribution is -2.04. The molecular weight excluding hydrogens is 124 g/mol. The summed E-state index contributed by atoms with van der Waals surface area (Å²) in [4.78, 5) is 0. The molecule has 60 valence electrons. The average Bonchev–Trinajstić information content (AvgIpc) is 1.81. The maximum atomic E-state index is 9.13. The molecule has 10 heavy (non-hydrogen) atoms. The third-order valence-electron chi connectivity index (χ3n) is 1.24. The Morgan fingerprint density at radius 2 is 1.90 bits per heavy atom. The summed E-state index contributed by atoms with van der Waals surface area (Å²) in [5.74, 6) is 0. The lowest BCUT2D eigenvalue weighted by atomic mass is 9.95. The van der Waals surface area contributed by atoms with Crippen molar-refractivity contribution in [3.63, 3.8) is 0 Å². The maximum absolute atomic E-state index is 9.13. The minimum absolute atomic E-state index is 0.191. The van der Waals surface area contributed by atoms with Crippen molar-refractivity contribution in [3.8, 4) is 0 Å². The van der Waals surface area contributed by atoms with Crippen LogP contribution in [-0.2, 0) is 0 Å². The Hall–Kier alpha value is -0.300. The number of rotatable bonds is 2. The van der Waals surface area contributed by atoms with Crippen LogP contribution in [0, 0.1) is 5.41 Å². The first-order valence-electron chi connectivity index (χ1n) is 3.83. The lowest BCUT2D eigenvalue weighted by Gasteiger charge is -2.12. The molecule has 0 aliphatic heterocycles. The molecule has 0 saturated heterocycles. The number of aliphatic hydroxyl groups is 1. The maximum Gasteiger partial charge on any atom is 0.0718 e. The Morgan fingerprint density at radius 1 is 1.40 bits per heavy atom. The van der Waals surface area contributed by atoms with Gasteiger partial charge in [-0.2, -0.15) is 0 Å². The van der Waals surface area contributed by atoms with Gasteiger partial charge in [0.2, 0.25) is 0 Å². The molecule has 1 heteroatoms. The average molecular weight is 142 g/mol. The van der Waals surface area contributed by atoms with Crippen LogP contribution in [-0.4, -0.2) is 11.2 Å². The highest BCUT2D eigenvalue weighted by Crippen LogP contribution is 2.14. The van der Waals surface area contributed by atoms with Crippen LogP contribution in [0.25, 0.3) is 0 Å². The van der Waals surface area contributed by atoms with Gasteiger partial charge in [-0.05, 0) is 11.8 Å². The second-order valence-corrected chi connectivity index (χ2v) is 3.70. The third-order valence-corrected chi connectivity index (χ3v) is 1.24. The molecule has 0 aromatic heterocycles. The topological polar surface area (TPSA) is 20.2 Å². The molecule has 0 aliphatic rings. The first kappa shape index (κ1) is 9.70. The van der Waals surface area contributed by atoms with E-state index in [4.69, 9.17) is 5.11 Å². The highest BCUT2D eigenvalue weighted by atomic mass is 16.3. The molecule has 0 saturated carbocycles. The van der Waals surface area contributed by atoms with E-state index < -0.39 is 0 Å². The zero-order valence-corrected chi connectivity index (χ0v) is 7.39. The van der Waals surface area contributed by atoms with E-state index >= 15 is 0 Å². The summed E-state index contributed by atoms with van der Waals surface area (Å²) in [5, 5.41) is 9.13. The van der Waals surface area contributed by atoms with E-state index in [2.05, 4.69) is 20.8 Å². The molecule has 1 nitrogen and oxygen atoms in total. The van der Waals surface area contributed by atoms with Crippen LogP contribution in [0.3, 0.4) is 0 Å². The van der Waals surface area contributed by atoms with Crippen LogP contribution in [0.15, 0.2) is 12.2 Å². The molecule has 1 N–H and O–H groups in total. The first-order chi connectivity index (χ1) is 4.45. The van der Waals surface area contributed by atoms with E-state index in [1.165, 1.54) is 0 Å². The van der Waals surface area contributed by atoms with Gasteiger partial charge in [0.25, 0.3) is 0 Å². The molecule has 0 aromatic rings. The molecular formula is C9H18O. The van der Waals surface area contributed by atoms with E-state index in [-0.39, 0.29) is 11.5 Å². The molecule has 0 amide bonds. The van der Waals surface area contributed by atoms with Gasteiger partial charge in [0.15, 0.2) is 0 Å². The predicted octanol–water partition coefficient (Wildman–Crippen LogP) is 2.36. The van der Waals surface area contributed by atoms with Crippen molar-refractivity contribution in [1.29, 1.82) is 0 Å². The van der Waals surface area contributed by atoms with E-state index in [0.29, 0.717) is 0 Å². The molecule has 0 unspecified atom stereocenters. The van der Waals surface area contributed by atoms with E-state index in [1.807, 2.05) is 19.1 Å². The van der Waals surface area contributed by atoms with Crippen LogP contribution in [0.5, 0.6) is 0 Å². The summed E-state index contributed by atoms with van der Waals surface area (Å²) in [5.41, 5.74) is 0.191. The molecule has 0 aliphatic carbocycles. The van der Waals surface area contributed by atoms with E-state index in [1.54, 1.807) is 0 Å². The Labute approximate surface area is 63.8 Å². The largest absolute Gasteiger partial charge is 0.389 e. The normalized spacial score (nSPS) is 16.1. The standard InChI is InChI=1S/C9H18O/c1-5-8(10)6-7-9(2,3)4/h6-8,10H,5H2,1-4H3/t8-/m0/s1. The smallest absolute Gasteiger partial charge is 0.0718 e. The number of allylic oxidation sites excluding steroid dienone is 1. The second-order valence-electron chi connectivity index (χ2n) is 3.70. The van der Waals surface area contributed by atoms with Crippen LogP contribution < -0.4 is 0 Å². The van der Waals surface area contributed by atoms with Crippen molar-refractivity contribution in [2.45, 2.75) is 40.2 Å². The Balaban J connectivity index is 3.75. The van der Waals surface area contributed by atoms with Gasteiger partial charge in [0.05, 0.1) is 6.10 Å². The molecule has 1 atom stereocenters. The fraction of sp³-hybridized carbons (Fsp3) is 0.778. The van der Waals surface area contributed by atoms with Gasteiger partial charge in [0.1, 0.15) is 0 Å². The zero-order chi connectivity index (χ0) is 8.20. The summed E-state index contributed by atoms with van der Waals surface area (Å²) in [6, 6.07) is 0. The van der Waals surface area contributed by atoms with Gasteiger partial charge in [-0.25, -0.2) is 0 Å². The Kier molecular flexibility index (Phi) is 3.66. The number of hydrogen-bond acceptors (Lipinski definition) is 1. The molecule has 0 radical (unpaired) electrons. The summed E-state index contributed by atoms with van der Waals surface area (Å²) in [6.45, 7) is 8.32. The van der Waals surface area contributed by atoms with Crippen molar-refractivity contribution in [1.82, 2.24) is 0 Å². The fourth-order valence-corrected chi connectivity index (χ4v) is 0.536. The Morgan fingerprint density at radius 3 is 2.20 bits per heavy atom. The van der Waals surface area contributed by atoms with E-state index in [9.17, 15) is 0 Å². The summed E-state index contributed by atoms with van der Waals surface area (Å²) in [6.07, 6.45) is 4.44. The van der Waals surface area contributed by atoms with Crippen LogP contribution in [0.2, 0.25) is 0 Å². The van der Waals surface area contributed by atoms with Crippen LogP contribution in [0.4, 0.5) is 0 Å². The van der Waals surface area contributed by atoms with Gasteiger partial charge < -0.3 is 5.11 Å². The van der Waals surface area contributed by atoms with Gasteiger partial charge in [-0.1, -0.05) is 39.8 Å². The summed E-state index contributed by atoms with van der Waals surface area (Å²) < 4.78 is 0. The van der Waals surface area contributed by atoms with Crippen LogP contribution >= 0.6 is 0 Å². The molecule has 0 aromatic carbocycles. The Bertz CT molecular complexity index is 108. The fourth-order valence-electron chi connectivity index (χ4n) is 0.536. The second kappa shape index (κ2) is 3.77. The molecule has 0 rings (SSSR count). The van der Waals surface area contributed by atoms with Crippen molar-refractivity contribution in [2.24, 2.45) is 5.41 Å². The van der Waals surface area contributed by atoms with Crippen molar-refractivity contribution < 1.29 is 5.11 Å². The summed E-state index contributed by atoms with van der Waals surface area (Å²) in [7, 11) is 0. The molecule has 0 bridgehead atoms. The van der Waals surface area contributed by atoms with Gasteiger partial charge in [-0.15, -0.1) is 0 Å². The van der Waals surface area contributed by atoms with Crippen LogP contribution in [0.1, 0.15) is 34.1 Å². The van der Waals surface area contributed by atoms with Crippen molar-refractivity contribution >= 4 is 0 Å². The van der Waals surface area contributed by atoms with Crippen molar-refractivity contribution in [3.05, 3.63) is 12.2 Å². The first-order valence-corrected chi connectivity index (χ1v) is 3.83. The van der Waals surface area contributed by atoms with Gasteiger partial charge in [-0.3, -0.25) is 0 Å². The monoisotopic (exact) mass is 142 g/mol. The molecule has 0 spiro atoms. The number of hydrogen-bond donors (Lipinski definition) is 1. The van der Waals surface area contributed by atoms with Gasteiger partial charge in [0, 0.05) is 0 Å². The minimum Gasteiger partial charge on any atom is -0.389 e. The zero-order valence-electron chi connectivity index (χ0n) is 7.39. The SMILES string of the molecule is CC[C@H](O)C=CC(C)(C)C. The third kappa shape index (κ3) is 5.83. The minimum atomic E-state index is -0.265. The molecule has 0 fully saturated rings. The lowest BCUT2D eigenvalue weighted by molar-refractivity contribution is 0.217. The predicted molar refractivity (Wildman–Crippen MR) is 44.9 cm³/mol.